The molecule has 5 nitrogen and oxygen atoms in total. The van der Waals surface area contributed by atoms with Gasteiger partial charge in [-0.1, -0.05) is 51.1 Å². The van der Waals surface area contributed by atoms with Crippen molar-refractivity contribution in [2.24, 2.45) is 17.8 Å². The van der Waals surface area contributed by atoms with Gasteiger partial charge in [0.05, 0.1) is 0 Å². The van der Waals surface area contributed by atoms with Gasteiger partial charge in [0, 0.05) is 5.56 Å². The zero-order chi connectivity index (χ0) is 17.1. The average Bonchev–Trinajstić information content (AvgIpc) is 3.00. The van der Waals surface area contributed by atoms with Crippen molar-refractivity contribution in [1.82, 2.24) is 15.2 Å². The Morgan fingerprint density at radius 3 is 2.50 bits per heavy atom. The Bertz CT molecular complexity index is 671. The maximum Gasteiger partial charge on any atom is 0.313 e. The summed E-state index contributed by atoms with van der Waals surface area (Å²) in [7, 11) is 0. The SMILES string of the molecule is CC1CC(C)C(OC(=O)Cc2nc(-c3ccccc3)n[nH]2)C(C)C1. The minimum absolute atomic E-state index is 0.00483. The molecular weight excluding hydrogens is 302 g/mol. The molecule has 24 heavy (non-hydrogen) atoms. The first-order valence-corrected chi connectivity index (χ1v) is 8.69. The van der Waals surface area contributed by atoms with Crippen molar-refractivity contribution >= 4 is 5.97 Å². The van der Waals surface area contributed by atoms with Crippen molar-refractivity contribution in [3.05, 3.63) is 36.2 Å². The molecule has 1 saturated carbocycles. The molecule has 5 heteroatoms. The van der Waals surface area contributed by atoms with Crippen LogP contribution in [-0.2, 0) is 16.0 Å². The van der Waals surface area contributed by atoms with E-state index in [0.29, 0.717) is 29.4 Å². The number of hydrogen-bond donors (Lipinski definition) is 1. The van der Waals surface area contributed by atoms with Gasteiger partial charge in [-0.05, 0) is 30.6 Å². The Morgan fingerprint density at radius 1 is 1.17 bits per heavy atom. The first kappa shape index (κ1) is 16.7. The summed E-state index contributed by atoms with van der Waals surface area (Å²) in [5, 5.41) is 7.02. The molecule has 1 fully saturated rings. The standard InChI is InChI=1S/C19H25N3O2/c1-12-9-13(2)18(14(3)10-12)24-17(23)11-16-20-19(22-21-16)15-7-5-4-6-8-15/h4-8,12-14,18H,9-11H2,1-3H3,(H,20,21,22). The van der Waals surface area contributed by atoms with E-state index in [9.17, 15) is 4.79 Å². The zero-order valence-corrected chi connectivity index (χ0v) is 14.5. The number of carbonyl (C=O) groups excluding carboxylic acids is 1. The Balaban J connectivity index is 1.60. The lowest BCUT2D eigenvalue weighted by atomic mass is 9.75. The highest BCUT2D eigenvalue weighted by Gasteiger charge is 2.34. The smallest absolute Gasteiger partial charge is 0.313 e. The Hall–Kier alpha value is -2.17. The van der Waals surface area contributed by atoms with Crippen molar-refractivity contribution < 1.29 is 9.53 Å². The lowest BCUT2D eigenvalue weighted by Crippen LogP contribution is -2.37. The maximum absolute atomic E-state index is 12.3. The van der Waals surface area contributed by atoms with Crippen molar-refractivity contribution in [3.63, 3.8) is 0 Å². The number of hydrogen-bond acceptors (Lipinski definition) is 4. The van der Waals surface area contributed by atoms with E-state index < -0.39 is 0 Å². The summed E-state index contributed by atoms with van der Waals surface area (Å²) in [4.78, 5) is 16.7. The molecule has 2 unspecified atom stereocenters. The van der Waals surface area contributed by atoms with E-state index in [-0.39, 0.29) is 18.5 Å². The number of nitrogens with one attached hydrogen (secondary N) is 1. The lowest BCUT2D eigenvalue weighted by molar-refractivity contribution is -0.157. The topological polar surface area (TPSA) is 67.9 Å². The fraction of sp³-hybridized carbons (Fsp3) is 0.526. The second-order valence-electron chi connectivity index (χ2n) is 7.13. The van der Waals surface area contributed by atoms with Gasteiger partial charge in [0.1, 0.15) is 18.3 Å². The number of carbonyl (C=O) groups is 1. The molecule has 1 aliphatic rings. The van der Waals surface area contributed by atoms with Crippen molar-refractivity contribution in [2.45, 2.75) is 46.1 Å². The molecule has 3 rings (SSSR count). The zero-order valence-electron chi connectivity index (χ0n) is 14.5. The number of aromatic amines is 1. The Labute approximate surface area is 142 Å². The second kappa shape index (κ2) is 7.16. The summed E-state index contributed by atoms with van der Waals surface area (Å²) in [6, 6.07) is 9.70. The highest BCUT2D eigenvalue weighted by Crippen LogP contribution is 2.35. The highest BCUT2D eigenvalue weighted by atomic mass is 16.5. The molecule has 1 N–H and O–H groups in total. The summed E-state index contributed by atoms with van der Waals surface area (Å²) in [5.74, 6) is 2.43. The molecule has 0 bridgehead atoms. The van der Waals surface area contributed by atoms with Crippen LogP contribution < -0.4 is 0 Å². The van der Waals surface area contributed by atoms with Crippen molar-refractivity contribution in [3.8, 4) is 11.4 Å². The quantitative estimate of drug-likeness (QED) is 0.871. The molecular formula is C19H25N3O2. The van der Waals surface area contributed by atoms with Crippen molar-refractivity contribution in [1.29, 1.82) is 0 Å². The van der Waals surface area contributed by atoms with Gasteiger partial charge in [-0.3, -0.25) is 9.89 Å². The predicted molar refractivity (Wildman–Crippen MR) is 92.1 cm³/mol. The fourth-order valence-electron chi connectivity index (χ4n) is 3.85. The van der Waals surface area contributed by atoms with Crippen LogP contribution in [0.4, 0.5) is 0 Å². The van der Waals surface area contributed by atoms with Crippen LogP contribution in [0.3, 0.4) is 0 Å². The minimum atomic E-state index is -0.232. The van der Waals surface area contributed by atoms with Gasteiger partial charge in [0.2, 0.25) is 0 Å². The van der Waals surface area contributed by atoms with E-state index in [1.807, 2.05) is 30.3 Å². The molecule has 0 amide bonds. The summed E-state index contributed by atoms with van der Waals surface area (Å²) >= 11 is 0. The summed E-state index contributed by atoms with van der Waals surface area (Å²) in [6.07, 6.45) is 2.36. The van der Waals surface area contributed by atoms with Gasteiger partial charge in [-0.2, -0.15) is 5.10 Å². The van der Waals surface area contributed by atoms with Crippen LogP contribution in [0.5, 0.6) is 0 Å². The van der Waals surface area contributed by atoms with Crippen LogP contribution in [0.2, 0.25) is 0 Å². The third-order valence-corrected chi connectivity index (χ3v) is 4.81. The van der Waals surface area contributed by atoms with E-state index in [2.05, 4.69) is 36.0 Å². The fourth-order valence-corrected chi connectivity index (χ4v) is 3.85. The number of aromatic nitrogens is 3. The van der Waals surface area contributed by atoms with Crippen LogP contribution in [0, 0.1) is 17.8 Å². The van der Waals surface area contributed by atoms with Crippen LogP contribution >= 0.6 is 0 Å². The number of ether oxygens (including phenoxy) is 1. The van der Waals surface area contributed by atoms with E-state index in [1.54, 1.807) is 0 Å². The molecule has 2 aromatic rings. The van der Waals surface area contributed by atoms with E-state index in [1.165, 1.54) is 0 Å². The minimum Gasteiger partial charge on any atom is -0.461 e. The van der Waals surface area contributed by atoms with Gasteiger partial charge in [0.25, 0.3) is 0 Å². The van der Waals surface area contributed by atoms with E-state index >= 15 is 0 Å². The number of H-pyrrole nitrogens is 1. The van der Waals surface area contributed by atoms with Gasteiger partial charge in [0.15, 0.2) is 5.82 Å². The largest absolute Gasteiger partial charge is 0.461 e. The number of nitrogens with zero attached hydrogens (tertiary/aromatic N) is 2. The van der Waals surface area contributed by atoms with Crippen LogP contribution in [-0.4, -0.2) is 27.3 Å². The molecule has 1 aromatic heterocycles. The number of rotatable bonds is 4. The molecule has 0 spiro atoms. The summed E-state index contributed by atoms with van der Waals surface area (Å²) in [6.45, 7) is 6.61. The third kappa shape index (κ3) is 3.83. The maximum atomic E-state index is 12.3. The van der Waals surface area contributed by atoms with Crippen LogP contribution in [0.1, 0.15) is 39.4 Å². The van der Waals surface area contributed by atoms with Crippen LogP contribution in [0.25, 0.3) is 11.4 Å². The molecule has 0 radical (unpaired) electrons. The molecule has 1 aromatic carbocycles. The molecule has 0 aliphatic heterocycles. The monoisotopic (exact) mass is 327 g/mol. The second-order valence-corrected chi connectivity index (χ2v) is 7.13. The molecule has 2 atom stereocenters. The third-order valence-electron chi connectivity index (χ3n) is 4.81. The van der Waals surface area contributed by atoms with E-state index in [0.717, 1.165) is 18.4 Å². The van der Waals surface area contributed by atoms with Crippen molar-refractivity contribution in [2.75, 3.05) is 0 Å². The lowest BCUT2D eigenvalue weighted by Gasteiger charge is -2.37. The highest BCUT2D eigenvalue weighted by molar-refractivity contribution is 5.72. The molecule has 1 aliphatic carbocycles. The molecule has 1 heterocycles. The first-order valence-electron chi connectivity index (χ1n) is 8.69. The number of benzene rings is 1. The normalized spacial score (nSPS) is 27.0. The van der Waals surface area contributed by atoms with Gasteiger partial charge >= 0.3 is 5.97 Å². The molecule has 128 valence electrons. The van der Waals surface area contributed by atoms with Gasteiger partial charge < -0.3 is 4.74 Å². The predicted octanol–water partition coefficient (Wildman–Crippen LogP) is 3.63. The summed E-state index contributed by atoms with van der Waals surface area (Å²) < 4.78 is 5.76. The Morgan fingerprint density at radius 2 is 1.83 bits per heavy atom. The number of esters is 1. The summed E-state index contributed by atoms with van der Waals surface area (Å²) in [5.41, 5.74) is 0.928. The molecule has 0 saturated heterocycles. The van der Waals surface area contributed by atoms with Crippen LogP contribution in [0.15, 0.2) is 30.3 Å². The van der Waals surface area contributed by atoms with E-state index in [4.69, 9.17) is 4.74 Å². The first-order chi connectivity index (χ1) is 11.5. The average molecular weight is 327 g/mol. The van der Waals surface area contributed by atoms with Gasteiger partial charge in [-0.15, -0.1) is 0 Å². The van der Waals surface area contributed by atoms with Gasteiger partial charge in [-0.25, -0.2) is 4.98 Å². The Kier molecular flexibility index (Phi) is 4.97.